The average Bonchev–Trinajstić information content (AvgIpc) is 3.20. The second-order valence-corrected chi connectivity index (χ2v) is 13.2. The van der Waals surface area contributed by atoms with Gasteiger partial charge in [-0.2, -0.15) is 8.42 Å². The summed E-state index contributed by atoms with van der Waals surface area (Å²) in [5.41, 5.74) is 3.13. The van der Waals surface area contributed by atoms with Gasteiger partial charge < -0.3 is 9.67 Å². The number of rotatable bonds is 9. The fraction of sp³-hybridized carbons (Fsp3) is 0.375. The molecule has 216 valence electrons. The van der Waals surface area contributed by atoms with Crippen molar-refractivity contribution in [3.63, 3.8) is 0 Å². The molecule has 1 saturated carbocycles. The number of aliphatic carboxylic acids is 1. The molecular weight excluding hydrogens is 541 g/mol. The van der Waals surface area contributed by atoms with Gasteiger partial charge in [-0.3, -0.25) is 9.52 Å². The second kappa shape index (κ2) is 11.6. The van der Waals surface area contributed by atoms with E-state index in [4.69, 9.17) is 0 Å². The van der Waals surface area contributed by atoms with Crippen LogP contribution in [0.15, 0.2) is 71.9 Å². The Bertz CT molecular complexity index is 1670. The fourth-order valence-electron chi connectivity index (χ4n) is 6.55. The van der Waals surface area contributed by atoms with E-state index in [1.54, 1.807) is 48.5 Å². The number of aromatic nitrogens is 2. The van der Waals surface area contributed by atoms with Gasteiger partial charge in [-0.15, -0.1) is 0 Å². The molecule has 41 heavy (non-hydrogen) atoms. The quantitative estimate of drug-likeness (QED) is 0.227. The van der Waals surface area contributed by atoms with Gasteiger partial charge in [0.2, 0.25) is 0 Å². The molecule has 7 nitrogen and oxygen atoms in total. The number of halogens is 1. The van der Waals surface area contributed by atoms with Gasteiger partial charge in [0.05, 0.1) is 0 Å². The molecule has 2 aromatic carbocycles. The van der Waals surface area contributed by atoms with Crippen molar-refractivity contribution in [3.8, 4) is 0 Å². The minimum absolute atomic E-state index is 0.0442. The van der Waals surface area contributed by atoms with E-state index in [1.807, 2.05) is 4.57 Å². The molecule has 5 rings (SSSR count). The van der Waals surface area contributed by atoms with Gasteiger partial charge in [0.25, 0.3) is 10.0 Å². The summed E-state index contributed by atoms with van der Waals surface area (Å²) >= 11 is 0. The lowest BCUT2D eigenvalue weighted by molar-refractivity contribution is -0.137. The SMILES string of the molecule is CC1CCC(C(C)C)C(c2c(Cc3cccnc3S(=O)(=O)Nc3ccccc3)c3cc(F)ccc3n2CC(=O)O)C1. The zero-order chi connectivity index (χ0) is 29.3. The summed E-state index contributed by atoms with van der Waals surface area (Å²) in [5.74, 6) is -0.259. The van der Waals surface area contributed by atoms with E-state index in [1.165, 1.54) is 18.3 Å². The Morgan fingerprint density at radius 1 is 1.12 bits per heavy atom. The van der Waals surface area contributed by atoms with Crippen LogP contribution < -0.4 is 4.72 Å². The maximum atomic E-state index is 14.7. The molecule has 3 unspecified atom stereocenters. The van der Waals surface area contributed by atoms with Gasteiger partial charge in [0, 0.05) is 40.8 Å². The third kappa shape index (κ3) is 6.00. The first-order chi connectivity index (χ1) is 19.5. The summed E-state index contributed by atoms with van der Waals surface area (Å²) in [6.07, 6.45) is 4.59. The van der Waals surface area contributed by atoms with Gasteiger partial charge in [0.1, 0.15) is 12.4 Å². The zero-order valence-corrected chi connectivity index (χ0v) is 24.4. The van der Waals surface area contributed by atoms with Crippen LogP contribution in [0.4, 0.5) is 10.1 Å². The Balaban J connectivity index is 1.71. The molecule has 3 atom stereocenters. The number of sulfonamides is 1. The molecular formula is C32H36FN3O4S. The Hall–Kier alpha value is -3.72. The van der Waals surface area contributed by atoms with Crippen molar-refractivity contribution in [1.82, 2.24) is 9.55 Å². The molecule has 0 spiro atoms. The van der Waals surface area contributed by atoms with Crippen LogP contribution in [-0.2, 0) is 27.8 Å². The van der Waals surface area contributed by atoms with Crippen LogP contribution in [0.5, 0.6) is 0 Å². The number of anilines is 1. The van der Waals surface area contributed by atoms with Gasteiger partial charge in [0.15, 0.2) is 5.03 Å². The van der Waals surface area contributed by atoms with Crippen molar-refractivity contribution in [1.29, 1.82) is 0 Å². The van der Waals surface area contributed by atoms with Gasteiger partial charge in [-0.05, 0) is 78.1 Å². The predicted octanol–water partition coefficient (Wildman–Crippen LogP) is 6.83. The summed E-state index contributed by atoms with van der Waals surface area (Å²) < 4.78 is 46.2. The molecule has 0 amide bonds. The first-order valence-electron chi connectivity index (χ1n) is 14.1. The van der Waals surface area contributed by atoms with Crippen molar-refractivity contribution in [2.24, 2.45) is 17.8 Å². The number of fused-ring (bicyclic) bond motifs is 1. The number of para-hydroxylation sites is 1. The average molecular weight is 578 g/mol. The second-order valence-electron chi connectivity index (χ2n) is 11.6. The molecule has 1 aliphatic carbocycles. The van der Waals surface area contributed by atoms with E-state index in [9.17, 15) is 22.7 Å². The molecule has 2 heterocycles. The topological polar surface area (TPSA) is 101 Å². The van der Waals surface area contributed by atoms with Gasteiger partial charge in [-0.1, -0.05) is 51.5 Å². The third-order valence-electron chi connectivity index (χ3n) is 8.34. The van der Waals surface area contributed by atoms with E-state index in [0.717, 1.165) is 30.5 Å². The third-order valence-corrected chi connectivity index (χ3v) is 9.72. The summed E-state index contributed by atoms with van der Waals surface area (Å²) in [5, 5.41) is 10.4. The molecule has 2 aromatic heterocycles. The standard InChI is InChI=1S/C32H36FN3O4S/c1-20(2)25-13-11-21(3)16-27(25)31-28(26-18-23(33)12-14-29(26)36(31)19-30(37)38)17-22-8-7-15-34-32(22)41(39,40)35-24-9-5-4-6-10-24/h4-10,12,14-15,18,20-21,25,27,35H,11,13,16-17,19H2,1-3H3,(H,37,38). The van der Waals surface area contributed by atoms with Crippen molar-refractivity contribution >= 4 is 32.6 Å². The smallest absolute Gasteiger partial charge is 0.323 e. The Kier molecular flexibility index (Phi) is 8.18. The molecule has 0 radical (unpaired) electrons. The largest absolute Gasteiger partial charge is 0.480 e. The normalized spacial score (nSPS) is 19.5. The highest BCUT2D eigenvalue weighted by Crippen LogP contribution is 2.47. The number of benzene rings is 2. The number of hydrogen-bond donors (Lipinski definition) is 2. The van der Waals surface area contributed by atoms with E-state index in [-0.39, 0.29) is 23.9 Å². The van der Waals surface area contributed by atoms with Crippen molar-refractivity contribution in [3.05, 3.63) is 89.5 Å². The summed E-state index contributed by atoms with van der Waals surface area (Å²) in [7, 11) is -4.04. The first-order valence-corrected chi connectivity index (χ1v) is 15.6. The highest BCUT2D eigenvalue weighted by atomic mass is 32.2. The van der Waals surface area contributed by atoms with Crippen LogP contribution in [0.3, 0.4) is 0 Å². The lowest BCUT2D eigenvalue weighted by atomic mass is 9.68. The van der Waals surface area contributed by atoms with Crippen molar-refractivity contribution < 1.29 is 22.7 Å². The van der Waals surface area contributed by atoms with Crippen LogP contribution in [0.2, 0.25) is 0 Å². The molecule has 0 saturated heterocycles. The van der Waals surface area contributed by atoms with Crippen LogP contribution in [0, 0.1) is 23.6 Å². The maximum Gasteiger partial charge on any atom is 0.323 e. The van der Waals surface area contributed by atoms with E-state index < -0.39 is 21.8 Å². The minimum Gasteiger partial charge on any atom is -0.480 e. The van der Waals surface area contributed by atoms with E-state index in [0.29, 0.717) is 39.9 Å². The minimum atomic E-state index is -4.04. The zero-order valence-electron chi connectivity index (χ0n) is 23.5. The predicted molar refractivity (Wildman–Crippen MR) is 158 cm³/mol. The number of pyridine rings is 1. The van der Waals surface area contributed by atoms with Crippen LogP contribution in [0.25, 0.3) is 10.9 Å². The molecule has 1 aliphatic rings. The van der Waals surface area contributed by atoms with E-state index >= 15 is 0 Å². The summed E-state index contributed by atoms with van der Waals surface area (Å²) in [4.78, 5) is 16.4. The van der Waals surface area contributed by atoms with Crippen molar-refractivity contribution in [2.45, 2.75) is 63.9 Å². The Labute approximate surface area is 240 Å². The van der Waals surface area contributed by atoms with E-state index in [2.05, 4.69) is 30.5 Å². The number of nitrogens with one attached hydrogen (secondary N) is 1. The number of carboxylic acids is 1. The Morgan fingerprint density at radius 3 is 2.59 bits per heavy atom. The molecule has 9 heteroatoms. The Morgan fingerprint density at radius 2 is 1.88 bits per heavy atom. The number of carboxylic acid groups (broad SMARTS) is 1. The summed E-state index contributed by atoms with van der Waals surface area (Å²) in [6.45, 7) is 6.34. The summed E-state index contributed by atoms with van der Waals surface area (Å²) in [6, 6.07) is 16.4. The van der Waals surface area contributed by atoms with Crippen LogP contribution in [-0.4, -0.2) is 29.0 Å². The number of nitrogens with zero attached hydrogens (tertiary/aromatic N) is 2. The molecule has 4 aromatic rings. The van der Waals surface area contributed by atoms with Gasteiger partial charge in [-0.25, -0.2) is 9.37 Å². The number of hydrogen-bond acceptors (Lipinski definition) is 4. The van der Waals surface area contributed by atoms with Gasteiger partial charge >= 0.3 is 5.97 Å². The highest BCUT2D eigenvalue weighted by Gasteiger charge is 2.37. The lowest BCUT2D eigenvalue weighted by Gasteiger charge is -2.38. The molecule has 2 N–H and O–H groups in total. The maximum absolute atomic E-state index is 14.7. The fourth-order valence-corrected chi connectivity index (χ4v) is 7.78. The van der Waals surface area contributed by atoms with Crippen molar-refractivity contribution in [2.75, 3.05) is 4.72 Å². The van der Waals surface area contributed by atoms with Crippen LogP contribution in [0.1, 0.15) is 62.8 Å². The molecule has 0 aliphatic heterocycles. The highest BCUT2D eigenvalue weighted by molar-refractivity contribution is 7.92. The molecule has 0 bridgehead atoms. The first kappa shape index (κ1) is 28.8. The number of carbonyl (C=O) groups is 1. The monoisotopic (exact) mass is 577 g/mol. The van der Waals surface area contributed by atoms with Crippen LogP contribution >= 0.6 is 0 Å². The lowest BCUT2D eigenvalue weighted by Crippen LogP contribution is -2.29. The molecule has 1 fully saturated rings.